The van der Waals surface area contributed by atoms with Crippen LogP contribution in [0.15, 0.2) is 31.0 Å². The molecule has 0 bridgehead atoms. The highest BCUT2D eigenvalue weighted by Crippen LogP contribution is 2.51. The summed E-state index contributed by atoms with van der Waals surface area (Å²) in [5.74, 6) is 2.71. The van der Waals surface area contributed by atoms with Crippen molar-refractivity contribution < 1.29 is 14.3 Å². The molecule has 0 spiro atoms. The van der Waals surface area contributed by atoms with Crippen LogP contribution in [0.25, 0.3) is 0 Å². The fraction of sp³-hybridized carbons (Fsp3) is 0.567. The molecule has 4 fully saturated rings. The van der Waals surface area contributed by atoms with E-state index in [1.54, 1.807) is 0 Å². The maximum atomic E-state index is 12.0. The number of nitrogens with one attached hydrogen (secondary N) is 1. The number of carbonyl (C=O) groups is 1. The largest absolute Gasteiger partial charge is 0.482 e. The van der Waals surface area contributed by atoms with E-state index in [2.05, 4.69) is 40.8 Å². The van der Waals surface area contributed by atoms with Crippen LogP contribution < -0.4 is 15.0 Å². The van der Waals surface area contributed by atoms with E-state index in [4.69, 9.17) is 19.4 Å². The number of likely N-dealkylation sites (tertiary alicyclic amines) is 2. The van der Waals surface area contributed by atoms with Gasteiger partial charge in [-0.3, -0.25) is 14.7 Å². The molecule has 1 N–H and O–H groups in total. The number of ether oxygens (including phenoxy) is 2. The molecule has 2 aromatic heterocycles. The second kappa shape index (κ2) is 10.1. The monoisotopic (exact) mass is 530 g/mol. The normalized spacial score (nSPS) is 24.1. The number of rotatable bonds is 5. The lowest BCUT2D eigenvalue weighted by Crippen LogP contribution is -2.54. The van der Waals surface area contributed by atoms with Crippen LogP contribution in [0.5, 0.6) is 5.75 Å². The molecule has 39 heavy (non-hydrogen) atoms. The number of nitrogens with zero attached hydrogens (tertiary/aromatic N) is 5. The summed E-state index contributed by atoms with van der Waals surface area (Å²) in [6, 6.07) is 4.85. The summed E-state index contributed by atoms with van der Waals surface area (Å²) in [5, 5.41) is 3.68. The lowest BCUT2D eigenvalue weighted by molar-refractivity contribution is -0.127. The Bertz CT molecular complexity index is 1260. The molecule has 0 aromatic carbocycles. The van der Waals surface area contributed by atoms with Crippen molar-refractivity contribution in [2.24, 2.45) is 0 Å². The highest BCUT2D eigenvalue weighted by Gasteiger charge is 2.39. The van der Waals surface area contributed by atoms with Crippen LogP contribution in [0.2, 0.25) is 0 Å². The summed E-state index contributed by atoms with van der Waals surface area (Å²) < 4.78 is 12.3. The van der Waals surface area contributed by atoms with Gasteiger partial charge in [-0.15, -0.1) is 0 Å². The third-order valence-corrected chi connectivity index (χ3v) is 9.05. The quantitative estimate of drug-likeness (QED) is 0.582. The second-order valence-electron chi connectivity index (χ2n) is 11.6. The van der Waals surface area contributed by atoms with Crippen LogP contribution in [-0.4, -0.2) is 84.2 Å². The van der Waals surface area contributed by atoms with E-state index >= 15 is 0 Å². The average Bonchev–Trinajstić information content (AvgIpc) is 3.80. The summed E-state index contributed by atoms with van der Waals surface area (Å²) >= 11 is 0. The van der Waals surface area contributed by atoms with Gasteiger partial charge in [0, 0.05) is 74.7 Å². The maximum Gasteiger partial charge on any atom is 0.245 e. The van der Waals surface area contributed by atoms with Crippen LogP contribution in [0.4, 0.5) is 17.2 Å². The highest BCUT2D eigenvalue weighted by atomic mass is 16.5. The van der Waals surface area contributed by atoms with E-state index in [0.717, 1.165) is 99.5 Å². The molecule has 2 aromatic rings. The summed E-state index contributed by atoms with van der Waals surface area (Å²) in [5.41, 5.74) is 5.54. The van der Waals surface area contributed by atoms with Crippen molar-refractivity contribution in [2.45, 2.75) is 56.6 Å². The van der Waals surface area contributed by atoms with Crippen LogP contribution in [0.3, 0.4) is 0 Å². The van der Waals surface area contributed by atoms with Gasteiger partial charge in [-0.1, -0.05) is 6.58 Å². The molecule has 1 aliphatic carbocycles. The zero-order valence-electron chi connectivity index (χ0n) is 22.8. The lowest BCUT2D eigenvalue weighted by Gasteiger charge is -2.47. The van der Waals surface area contributed by atoms with Crippen molar-refractivity contribution in [1.82, 2.24) is 19.8 Å². The predicted molar refractivity (Wildman–Crippen MR) is 150 cm³/mol. The predicted octanol–water partition coefficient (Wildman–Crippen LogP) is 3.96. The first-order valence-corrected chi connectivity index (χ1v) is 14.5. The van der Waals surface area contributed by atoms with Gasteiger partial charge in [0.15, 0.2) is 5.75 Å². The molecule has 9 nitrogen and oxygen atoms in total. The number of anilines is 3. The lowest BCUT2D eigenvalue weighted by atomic mass is 9.90. The molecular formula is C30H38N6O3. The van der Waals surface area contributed by atoms with E-state index in [1.807, 2.05) is 11.1 Å². The number of aromatic nitrogens is 2. The standard InChI is InChI=1S/C30H38N6O3/c1-3-26(37)35-10-7-22(8-11-35)36-17-21(18-36)23-16-24-29(28(32-23)20-4-5-20)39-19(2)27-25(6-9-31-30(27)33-24)34-12-14-38-15-13-34/h3,6,9,16,19-22H,1,4-5,7-8,10-15,17-18H2,2H3,(H,31,33)/t19-/m1/s1. The number of hydrogen-bond acceptors (Lipinski definition) is 8. The second-order valence-corrected chi connectivity index (χ2v) is 11.6. The third-order valence-electron chi connectivity index (χ3n) is 9.05. The molecule has 7 rings (SSSR count). The summed E-state index contributed by atoms with van der Waals surface area (Å²) in [4.78, 5) is 28.8. The molecule has 4 aliphatic heterocycles. The van der Waals surface area contributed by atoms with Crippen molar-refractivity contribution in [3.63, 3.8) is 0 Å². The average molecular weight is 531 g/mol. The minimum absolute atomic E-state index is 0.0499. The molecule has 3 saturated heterocycles. The zero-order chi connectivity index (χ0) is 26.5. The number of amides is 1. The Morgan fingerprint density at radius 2 is 1.87 bits per heavy atom. The van der Waals surface area contributed by atoms with Crippen molar-refractivity contribution in [1.29, 1.82) is 0 Å². The minimum Gasteiger partial charge on any atom is -0.482 e. The van der Waals surface area contributed by atoms with Gasteiger partial charge in [-0.05, 0) is 50.8 Å². The Morgan fingerprint density at radius 3 is 2.59 bits per heavy atom. The molecule has 1 atom stereocenters. The molecule has 206 valence electrons. The maximum absolute atomic E-state index is 12.0. The van der Waals surface area contributed by atoms with Crippen molar-refractivity contribution in [3.05, 3.63) is 47.9 Å². The van der Waals surface area contributed by atoms with Crippen molar-refractivity contribution >= 4 is 23.1 Å². The van der Waals surface area contributed by atoms with E-state index in [9.17, 15) is 4.79 Å². The fourth-order valence-corrected chi connectivity index (χ4v) is 6.62. The minimum atomic E-state index is -0.136. The molecule has 5 aliphatic rings. The van der Waals surface area contributed by atoms with Crippen molar-refractivity contribution in [3.8, 4) is 5.75 Å². The molecule has 1 saturated carbocycles. The number of carbonyl (C=O) groups excluding carboxylic acids is 1. The molecular weight excluding hydrogens is 492 g/mol. The van der Waals surface area contributed by atoms with Gasteiger partial charge >= 0.3 is 0 Å². The van der Waals surface area contributed by atoms with Crippen LogP contribution >= 0.6 is 0 Å². The Balaban J connectivity index is 1.12. The number of hydrogen-bond donors (Lipinski definition) is 1. The Hall–Kier alpha value is -3.17. The van der Waals surface area contributed by atoms with Gasteiger partial charge in [0.2, 0.25) is 5.91 Å². The van der Waals surface area contributed by atoms with Gasteiger partial charge in [0.25, 0.3) is 0 Å². The highest BCUT2D eigenvalue weighted by molar-refractivity contribution is 5.87. The fourth-order valence-electron chi connectivity index (χ4n) is 6.62. The molecule has 9 heteroatoms. The van der Waals surface area contributed by atoms with Gasteiger partial charge < -0.3 is 24.6 Å². The van der Waals surface area contributed by atoms with Gasteiger partial charge in [-0.25, -0.2) is 4.98 Å². The SMILES string of the molecule is C=CC(=O)N1CCC(N2CC(c3cc4c(c(C5CC5)n3)O[C@H](C)c3c(N5CCOCC5)ccnc3N4)C2)CC1. The van der Waals surface area contributed by atoms with Crippen LogP contribution in [-0.2, 0) is 9.53 Å². The smallest absolute Gasteiger partial charge is 0.245 e. The Kier molecular flexibility index (Phi) is 6.43. The van der Waals surface area contributed by atoms with Gasteiger partial charge in [-0.2, -0.15) is 0 Å². The summed E-state index contributed by atoms with van der Waals surface area (Å²) in [6.07, 6.45) is 7.58. The van der Waals surface area contributed by atoms with E-state index in [1.165, 1.54) is 24.6 Å². The van der Waals surface area contributed by atoms with Crippen molar-refractivity contribution in [2.75, 3.05) is 62.7 Å². The van der Waals surface area contributed by atoms with Crippen LogP contribution in [0, 0.1) is 0 Å². The van der Waals surface area contributed by atoms with E-state index < -0.39 is 0 Å². The molecule has 0 unspecified atom stereocenters. The van der Waals surface area contributed by atoms with E-state index in [-0.39, 0.29) is 12.0 Å². The first-order chi connectivity index (χ1) is 19.1. The summed E-state index contributed by atoms with van der Waals surface area (Å²) in [6.45, 7) is 12.7. The number of fused-ring (bicyclic) bond motifs is 2. The Labute approximate surface area is 230 Å². The third kappa shape index (κ3) is 4.65. The molecule has 6 heterocycles. The van der Waals surface area contributed by atoms with Crippen LogP contribution in [0.1, 0.15) is 67.5 Å². The zero-order valence-corrected chi connectivity index (χ0v) is 22.8. The number of piperidine rings is 1. The topological polar surface area (TPSA) is 83.1 Å². The Morgan fingerprint density at radius 1 is 1.10 bits per heavy atom. The van der Waals surface area contributed by atoms with E-state index in [0.29, 0.717) is 17.9 Å². The first kappa shape index (κ1) is 24.8. The number of morpholine rings is 1. The van der Waals surface area contributed by atoms with Gasteiger partial charge in [0.1, 0.15) is 11.9 Å². The molecule has 1 amide bonds. The first-order valence-electron chi connectivity index (χ1n) is 14.5. The molecule has 0 radical (unpaired) electrons. The number of pyridine rings is 2. The van der Waals surface area contributed by atoms with Gasteiger partial charge in [0.05, 0.1) is 30.2 Å². The summed E-state index contributed by atoms with van der Waals surface area (Å²) in [7, 11) is 0.